The molecule has 1 saturated heterocycles. The smallest absolute Gasteiger partial charge is 0.223 e. The second-order valence-electron chi connectivity index (χ2n) is 15.6. The number of hydrogen-bond acceptors (Lipinski definition) is 2. The number of amides is 1. The molecule has 0 aromatic heterocycles. The van der Waals surface area contributed by atoms with Crippen molar-refractivity contribution < 1.29 is 9.90 Å². The zero-order valence-electron chi connectivity index (χ0n) is 24.5. The zero-order chi connectivity index (χ0) is 26.1. The second-order valence-corrected chi connectivity index (χ2v) is 15.6. The van der Waals surface area contributed by atoms with Crippen molar-refractivity contribution in [1.82, 2.24) is 4.90 Å². The van der Waals surface area contributed by atoms with Gasteiger partial charge in [-0.1, -0.05) is 32.4 Å². The predicted octanol–water partition coefficient (Wildman–Crippen LogP) is 7.91. The van der Waals surface area contributed by atoms with Crippen molar-refractivity contribution in [2.75, 3.05) is 0 Å². The molecule has 3 heteroatoms. The van der Waals surface area contributed by atoms with E-state index < -0.39 is 0 Å². The number of rotatable bonds is 4. The minimum Gasteiger partial charge on any atom is -0.393 e. The highest BCUT2D eigenvalue weighted by Crippen LogP contribution is 2.67. The summed E-state index contributed by atoms with van der Waals surface area (Å²) in [6, 6.07) is 0. The molecule has 5 aliphatic rings. The highest BCUT2D eigenvalue weighted by molar-refractivity contribution is 5.78. The second kappa shape index (κ2) is 9.13. The summed E-state index contributed by atoms with van der Waals surface area (Å²) in [6.45, 7) is 16.7. The topological polar surface area (TPSA) is 40.5 Å². The maximum absolute atomic E-state index is 13.6. The molecule has 0 spiro atoms. The molecule has 4 fully saturated rings. The van der Waals surface area contributed by atoms with Crippen LogP contribution in [0, 0.1) is 40.4 Å². The number of aliphatic hydroxyl groups excluding tert-OH is 1. The van der Waals surface area contributed by atoms with Gasteiger partial charge in [0, 0.05) is 17.5 Å². The van der Waals surface area contributed by atoms with Crippen molar-refractivity contribution in [3.8, 4) is 0 Å². The number of allylic oxidation sites excluding steroid dienone is 1. The van der Waals surface area contributed by atoms with Crippen LogP contribution < -0.4 is 0 Å². The predicted molar refractivity (Wildman–Crippen MR) is 148 cm³/mol. The molecule has 1 heterocycles. The molecule has 0 aromatic rings. The first-order chi connectivity index (χ1) is 16.8. The molecular formula is C33H55NO2. The van der Waals surface area contributed by atoms with Gasteiger partial charge in [-0.05, 0) is 145 Å². The van der Waals surface area contributed by atoms with Gasteiger partial charge in [-0.2, -0.15) is 0 Å². The largest absolute Gasteiger partial charge is 0.393 e. The summed E-state index contributed by atoms with van der Waals surface area (Å²) in [5.74, 6) is 4.22. The lowest BCUT2D eigenvalue weighted by molar-refractivity contribution is -0.149. The third-order valence-electron chi connectivity index (χ3n) is 12.7. The van der Waals surface area contributed by atoms with Gasteiger partial charge in [-0.15, -0.1) is 0 Å². The first kappa shape index (κ1) is 26.8. The van der Waals surface area contributed by atoms with E-state index in [1.807, 2.05) is 0 Å². The number of carbonyl (C=O) groups is 1. The van der Waals surface area contributed by atoms with Gasteiger partial charge >= 0.3 is 0 Å². The van der Waals surface area contributed by atoms with Crippen LogP contribution in [-0.4, -0.2) is 33.1 Å². The number of hydrogen-bond donors (Lipinski definition) is 1. The molecule has 8 atom stereocenters. The van der Waals surface area contributed by atoms with Crippen molar-refractivity contribution in [2.45, 2.75) is 149 Å². The lowest BCUT2D eigenvalue weighted by Crippen LogP contribution is -2.61. The molecule has 1 aliphatic heterocycles. The fraction of sp³-hybridized carbons (Fsp3) is 0.909. The SMILES string of the molecule is C[C@H](CCC(=O)N1C(C)(C)CCCC1(C)C)[C@H]1CC[C@H]2[C@@H]3CC=C4C[C@@H](O)CC[C@]4(C)[C@H]3CC[C@]12C. The molecule has 0 bridgehead atoms. The van der Waals surface area contributed by atoms with E-state index in [2.05, 4.69) is 59.4 Å². The molecule has 1 N–H and O–H groups in total. The number of fused-ring (bicyclic) bond motifs is 5. The lowest BCUT2D eigenvalue weighted by Gasteiger charge is -2.58. The standard InChI is InChI=1S/C33H55NO2/c1-22(9-14-29(36)34-30(2,3)17-8-18-31(34,4)5)26-12-13-27-25-11-10-23-21-24(35)15-19-32(23,6)28(25)16-20-33(26,27)7/h10,22,24-28,35H,8-9,11-21H2,1-7H3/t22-,24+,25+,26-,27+,28+,32+,33-/m1/s1. The number of likely N-dealkylation sites (tertiary alicyclic amines) is 1. The number of aliphatic hydroxyl groups is 1. The van der Waals surface area contributed by atoms with Crippen LogP contribution in [-0.2, 0) is 4.79 Å². The van der Waals surface area contributed by atoms with Gasteiger partial charge in [0.2, 0.25) is 5.91 Å². The van der Waals surface area contributed by atoms with Crippen LogP contribution in [0.1, 0.15) is 132 Å². The van der Waals surface area contributed by atoms with Gasteiger partial charge in [0.25, 0.3) is 0 Å². The summed E-state index contributed by atoms with van der Waals surface area (Å²) in [6.07, 6.45) is 17.4. The summed E-state index contributed by atoms with van der Waals surface area (Å²) >= 11 is 0. The molecule has 3 saturated carbocycles. The Morgan fingerprint density at radius 1 is 0.972 bits per heavy atom. The van der Waals surface area contributed by atoms with E-state index in [-0.39, 0.29) is 17.2 Å². The Hall–Kier alpha value is -0.830. The minimum atomic E-state index is -0.116. The van der Waals surface area contributed by atoms with Gasteiger partial charge in [0.15, 0.2) is 0 Å². The van der Waals surface area contributed by atoms with Crippen LogP contribution >= 0.6 is 0 Å². The van der Waals surface area contributed by atoms with Crippen LogP contribution in [0.3, 0.4) is 0 Å². The molecule has 3 nitrogen and oxygen atoms in total. The van der Waals surface area contributed by atoms with E-state index in [1.165, 1.54) is 44.9 Å². The summed E-state index contributed by atoms with van der Waals surface area (Å²) in [4.78, 5) is 15.9. The van der Waals surface area contributed by atoms with E-state index in [1.54, 1.807) is 5.57 Å². The first-order valence-corrected chi connectivity index (χ1v) is 15.5. The number of carbonyl (C=O) groups excluding carboxylic acids is 1. The van der Waals surface area contributed by atoms with Crippen LogP contribution in [0.2, 0.25) is 0 Å². The summed E-state index contributed by atoms with van der Waals surface area (Å²) in [7, 11) is 0. The van der Waals surface area contributed by atoms with Gasteiger partial charge in [-0.25, -0.2) is 0 Å². The Labute approximate surface area is 221 Å². The van der Waals surface area contributed by atoms with Crippen molar-refractivity contribution in [1.29, 1.82) is 0 Å². The minimum absolute atomic E-state index is 0.0243. The Bertz CT molecular complexity index is 872. The Kier molecular flexibility index (Phi) is 6.79. The van der Waals surface area contributed by atoms with Gasteiger partial charge < -0.3 is 10.0 Å². The van der Waals surface area contributed by atoms with Crippen molar-refractivity contribution in [2.24, 2.45) is 40.4 Å². The summed E-state index contributed by atoms with van der Waals surface area (Å²) in [5, 5.41) is 10.3. The molecule has 0 radical (unpaired) electrons. The van der Waals surface area contributed by atoms with Crippen LogP contribution in [0.5, 0.6) is 0 Å². The molecule has 0 aromatic carbocycles. The highest BCUT2D eigenvalue weighted by Gasteiger charge is 2.59. The molecule has 0 unspecified atom stereocenters. The molecule has 36 heavy (non-hydrogen) atoms. The van der Waals surface area contributed by atoms with Crippen LogP contribution in [0.25, 0.3) is 0 Å². The first-order valence-electron chi connectivity index (χ1n) is 15.5. The normalized spacial score (nSPS) is 44.2. The maximum Gasteiger partial charge on any atom is 0.223 e. The third kappa shape index (κ3) is 4.22. The van der Waals surface area contributed by atoms with Crippen molar-refractivity contribution >= 4 is 5.91 Å². The van der Waals surface area contributed by atoms with E-state index in [0.29, 0.717) is 29.1 Å². The van der Waals surface area contributed by atoms with E-state index in [0.717, 1.165) is 55.8 Å². The molecule has 204 valence electrons. The van der Waals surface area contributed by atoms with Crippen LogP contribution in [0.15, 0.2) is 11.6 Å². The lowest BCUT2D eigenvalue weighted by atomic mass is 9.47. The Morgan fingerprint density at radius 2 is 1.67 bits per heavy atom. The van der Waals surface area contributed by atoms with Gasteiger partial charge in [0.05, 0.1) is 6.10 Å². The molecule has 1 amide bonds. The third-order valence-corrected chi connectivity index (χ3v) is 12.7. The van der Waals surface area contributed by atoms with Gasteiger partial charge in [0.1, 0.15) is 0 Å². The fourth-order valence-corrected chi connectivity index (χ4v) is 11.0. The van der Waals surface area contributed by atoms with E-state index >= 15 is 0 Å². The monoisotopic (exact) mass is 497 g/mol. The van der Waals surface area contributed by atoms with E-state index in [9.17, 15) is 9.90 Å². The average molecular weight is 498 g/mol. The Morgan fingerprint density at radius 3 is 2.36 bits per heavy atom. The van der Waals surface area contributed by atoms with Gasteiger partial charge in [-0.3, -0.25) is 4.79 Å². The van der Waals surface area contributed by atoms with Crippen LogP contribution in [0.4, 0.5) is 0 Å². The van der Waals surface area contributed by atoms with Crippen molar-refractivity contribution in [3.63, 3.8) is 0 Å². The zero-order valence-corrected chi connectivity index (χ0v) is 24.5. The maximum atomic E-state index is 13.6. The molecule has 4 aliphatic carbocycles. The quantitative estimate of drug-likeness (QED) is 0.401. The highest BCUT2D eigenvalue weighted by atomic mass is 16.3. The van der Waals surface area contributed by atoms with Crippen molar-refractivity contribution in [3.05, 3.63) is 11.6 Å². The number of nitrogens with zero attached hydrogens (tertiary/aromatic N) is 1. The Balaban J connectivity index is 1.26. The molecular weight excluding hydrogens is 442 g/mol. The fourth-order valence-electron chi connectivity index (χ4n) is 11.0. The number of piperidine rings is 1. The summed E-state index contributed by atoms with van der Waals surface area (Å²) in [5.41, 5.74) is 2.29. The summed E-state index contributed by atoms with van der Waals surface area (Å²) < 4.78 is 0. The average Bonchev–Trinajstić information content (AvgIpc) is 3.14. The molecule has 5 rings (SSSR count). The van der Waals surface area contributed by atoms with E-state index in [4.69, 9.17) is 0 Å².